The van der Waals surface area contributed by atoms with Crippen molar-refractivity contribution < 1.29 is 9.59 Å². The molecule has 2 N–H and O–H groups in total. The molecule has 0 radical (unpaired) electrons. The number of rotatable bonds is 3. The predicted octanol–water partition coefficient (Wildman–Crippen LogP) is 2.07. The average molecular weight is 311 g/mol. The molecule has 2 aromatic rings. The third kappa shape index (κ3) is 3.35. The Morgan fingerprint density at radius 3 is 2.13 bits per heavy atom. The second-order valence-corrected chi connectivity index (χ2v) is 6.19. The van der Waals surface area contributed by atoms with Crippen molar-refractivity contribution in [2.45, 2.75) is 25.9 Å². The molecule has 1 aromatic heterocycles. The van der Waals surface area contributed by atoms with E-state index in [1.165, 1.54) is 0 Å². The number of carbonyl (C=O) groups excluding carboxylic acids is 2. The van der Waals surface area contributed by atoms with Crippen LogP contribution in [0.3, 0.4) is 0 Å². The molecule has 0 saturated carbocycles. The van der Waals surface area contributed by atoms with Crippen LogP contribution in [0.25, 0.3) is 0 Å². The Bertz CT molecular complexity index is 682. The third-order valence-electron chi connectivity index (χ3n) is 4.10. The largest absolute Gasteiger partial charge is 0.367 e. The fourth-order valence-corrected chi connectivity index (χ4v) is 3.07. The van der Waals surface area contributed by atoms with Gasteiger partial charge >= 0.3 is 0 Å². The Balaban J connectivity index is 1.74. The molecule has 23 heavy (non-hydrogen) atoms. The molecule has 1 aromatic carbocycles. The van der Waals surface area contributed by atoms with Crippen molar-refractivity contribution in [2.24, 2.45) is 0 Å². The molecule has 1 saturated heterocycles. The van der Waals surface area contributed by atoms with E-state index in [2.05, 4.69) is 24.1 Å². The minimum Gasteiger partial charge on any atom is -0.367 e. The van der Waals surface area contributed by atoms with E-state index in [1.54, 1.807) is 42.7 Å². The summed E-state index contributed by atoms with van der Waals surface area (Å²) in [5.41, 5.74) is 1.83. The Kier molecular flexibility index (Phi) is 4.30. The molecule has 2 heterocycles. The first kappa shape index (κ1) is 15.5. The van der Waals surface area contributed by atoms with Gasteiger partial charge in [-0.2, -0.15) is 0 Å². The van der Waals surface area contributed by atoms with E-state index >= 15 is 0 Å². The van der Waals surface area contributed by atoms with Gasteiger partial charge in [-0.15, -0.1) is 0 Å². The van der Waals surface area contributed by atoms with E-state index in [0.717, 1.165) is 0 Å². The molecule has 2 unspecified atom stereocenters. The van der Waals surface area contributed by atoms with Gasteiger partial charge in [0, 0.05) is 54.3 Å². The SMILES string of the molecule is CC1CN(C(=O)c2ccc(C(=O)c3cc[nH]c3)cc2)CC(C)N1. The number of aromatic amines is 1. The number of benzene rings is 1. The fraction of sp³-hybridized carbons (Fsp3) is 0.333. The van der Waals surface area contributed by atoms with Gasteiger partial charge in [0.1, 0.15) is 0 Å². The number of hydrogen-bond acceptors (Lipinski definition) is 3. The number of aromatic nitrogens is 1. The number of amides is 1. The quantitative estimate of drug-likeness (QED) is 0.853. The van der Waals surface area contributed by atoms with Gasteiger partial charge in [0.2, 0.25) is 0 Å². The molecule has 1 aliphatic heterocycles. The average Bonchev–Trinajstić information content (AvgIpc) is 3.07. The molecule has 0 aliphatic carbocycles. The molecule has 120 valence electrons. The summed E-state index contributed by atoms with van der Waals surface area (Å²) in [6, 6.07) is 9.23. The molecular weight excluding hydrogens is 290 g/mol. The van der Waals surface area contributed by atoms with Crippen molar-refractivity contribution >= 4 is 11.7 Å². The first-order chi connectivity index (χ1) is 11.0. The lowest BCUT2D eigenvalue weighted by Gasteiger charge is -2.36. The summed E-state index contributed by atoms with van der Waals surface area (Å²) in [7, 11) is 0. The molecule has 5 nitrogen and oxygen atoms in total. The van der Waals surface area contributed by atoms with Crippen molar-refractivity contribution in [1.29, 1.82) is 0 Å². The van der Waals surface area contributed by atoms with Gasteiger partial charge in [0.05, 0.1) is 0 Å². The van der Waals surface area contributed by atoms with Gasteiger partial charge in [-0.3, -0.25) is 9.59 Å². The summed E-state index contributed by atoms with van der Waals surface area (Å²) >= 11 is 0. The zero-order valence-electron chi connectivity index (χ0n) is 13.4. The molecule has 1 fully saturated rings. The number of ketones is 1. The topological polar surface area (TPSA) is 65.2 Å². The van der Waals surface area contributed by atoms with Crippen LogP contribution in [0.5, 0.6) is 0 Å². The smallest absolute Gasteiger partial charge is 0.253 e. The minimum atomic E-state index is -0.0466. The molecule has 0 bridgehead atoms. The highest BCUT2D eigenvalue weighted by Gasteiger charge is 2.25. The van der Waals surface area contributed by atoms with Crippen LogP contribution >= 0.6 is 0 Å². The Morgan fingerprint density at radius 2 is 1.57 bits per heavy atom. The van der Waals surface area contributed by atoms with Crippen molar-refractivity contribution in [1.82, 2.24) is 15.2 Å². The third-order valence-corrected chi connectivity index (χ3v) is 4.10. The molecule has 0 spiro atoms. The minimum absolute atomic E-state index is 0.0193. The van der Waals surface area contributed by atoms with Crippen molar-refractivity contribution in [3.05, 3.63) is 59.4 Å². The van der Waals surface area contributed by atoms with Crippen molar-refractivity contribution in [2.75, 3.05) is 13.1 Å². The Hall–Kier alpha value is -2.40. The lowest BCUT2D eigenvalue weighted by molar-refractivity contribution is 0.0673. The number of nitrogens with zero attached hydrogens (tertiary/aromatic N) is 1. The standard InChI is InChI=1S/C18H21N3O2/c1-12-10-21(11-13(2)20-12)18(23)15-5-3-14(4-6-15)17(22)16-7-8-19-9-16/h3-9,12-13,19-20H,10-11H2,1-2H3. The van der Waals surface area contributed by atoms with Crippen molar-refractivity contribution in [3.63, 3.8) is 0 Å². The maximum absolute atomic E-state index is 12.6. The van der Waals surface area contributed by atoms with Crippen LogP contribution in [0.2, 0.25) is 0 Å². The lowest BCUT2D eigenvalue weighted by atomic mass is 10.0. The van der Waals surface area contributed by atoms with Gasteiger partial charge in [0.25, 0.3) is 5.91 Å². The first-order valence-electron chi connectivity index (χ1n) is 7.87. The molecule has 3 rings (SSSR count). The van der Waals surface area contributed by atoms with E-state index < -0.39 is 0 Å². The van der Waals surface area contributed by atoms with Crippen LogP contribution in [0.1, 0.15) is 40.1 Å². The van der Waals surface area contributed by atoms with Gasteiger partial charge in [-0.1, -0.05) is 12.1 Å². The lowest BCUT2D eigenvalue weighted by Crippen LogP contribution is -2.55. The zero-order valence-corrected chi connectivity index (χ0v) is 13.4. The number of hydrogen-bond donors (Lipinski definition) is 2. The van der Waals surface area contributed by atoms with E-state index in [0.29, 0.717) is 29.8 Å². The number of nitrogens with one attached hydrogen (secondary N) is 2. The molecule has 5 heteroatoms. The highest BCUT2D eigenvalue weighted by atomic mass is 16.2. The maximum Gasteiger partial charge on any atom is 0.253 e. The van der Waals surface area contributed by atoms with Gasteiger partial charge in [-0.25, -0.2) is 0 Å². The van der Waals surface area contributed by atoms with E-state index in [4.69, 9.17) is 0 Å². The fourth-order valence-electron chi connectivity index (χ4n) is 3.07. The normalized spacial score (nSPS) is 21.2. The summed E-state index contributed by atoms with van der Waals surface area (Å²) in [5.74, 6) is -0.0273. The summed E-state index contributed by atoms with van der Waals surface area (Å²) in [6.45, 7) is 5.56. The summed E-state index contributed by atoms with van der Waals surface area (Å²) < 4.78 is 0. The van der Waals surface area contributed by atoms with Crippen LogP contribution in [0.15, 0.2) is 42.7 Å². The highest BCUT2D eigenvalue weighted by molar-refractivity contribution is 6.09. The van der Waals surface area contributed by atoms with Crippen LogP contribution < -0.4 is 5.32 Å². The van der Waals surface area contributed by atoms with Crippen LogP contribution in [-0.2, 0) is 0 Å². The summed E-state index contributed by atoms with van der Waals surface area (Å²) in [6.07, 6.45) is 3.39. The maximum atomic E-state index is 12.6. The Labute approximate surface area is 135 Å². The van der Waals surface area contributed by atoms with E-state index in [1.807, 2.05) is 4.90 Å². The second kappa shape index (κ2) is 6.38. The van der Waals surface area contributed by atoms with Crippen LogP contribution in [-0.4, -0.2) is 46.7 Å². The van der Waals surface area contributed by atoms with Crippen molar-refractivity contribution in [3.8, 4) is 0 Å². The van der Waals surface area contributed by atoms with Gasteiger partial charge < -0.3 is 15.2 Å². The number of carbonyl (C=O) groups is 2. The van der Waals surface area contributed by atoms with E-state index in [-0.39, 0.29) is 23.8 Å². The molecular formula is C18H21N3O2. The number of H-pyrrole nitrogens is 1. The first-order valence-corrected chi connectivity index (χ1v) is 7.87. The second-order valence-electron chi connectivity index (χ2n) is 6.19. The predicted molar refractivity (Wildman–Crippen MR) is 88.6 cm³/mol. The zero-order chi connectivity index (χ0) is 16.4. The summed E-state index contributed by atoms with van der Waals surface area (Å²) in [4.78, 5) is 29.6. The highest BCUT2D eigenvalue weighted by Crippen LogP contribution is 2.14. The summed E-state index contributed by atoms with van der Waals surface area (Å²) in [5, 5.41) is 3.41. The number of piperazine rings is 1. The van der Waals surface area contributed by atoms with E-state index in [9.17, 15) is 9.59 Å². The molecule has 1 aliphatic rings. The van der Waals surface area contributed by atoms with Crippen LogP contribution in [0.4, 0.5) is 0 Å². The molecule has 1 amide bonds. The van der Waals surface area contributed by atoms with Gasteiger partial charge in [0.15, 0.2) is 5.78 Å². The monoisotopic (exact) mass is 311 g/mol. The van der Waals surface area contributed by atoms with Crippen LogP contribution in [0, 0.1) is 0 Å². The molecule has 2 atom stereocenters. The Morgan fingerprint density at radius 1 is 0.957 bits per heavy atom. The van der Waals surface area contributed by atoms with Gasteiger partial charge in [-0.05, 0) is 32.0 Å².